The lowest BCUT2D eigenvalue weighted by Gasteiger charge is -2.28. The number of rotatable bonds is 6. The predicted molar refractivity (Wildman–Crippen MR) is 140 cm³/mol. The molecule has 0 radical (unpaired) electrons. The number of benzene rings is 1. The first-order chi connectivity index (χ1) is 15.2. The molecule has 4 rings (SSSR count). The topological polar surface area (TPSA) is 69.2 Å². The van der Waals surface area contributed by atoms with Crippen LogP contribution >= 0.6 is 35.3 Å². The van der Waals surface area contributed by atoms with E-state index in [-0.39, 0.29) is 36.4 Å². The van der Waals surface area contributed by atoms with Gasteiger partial charge in [0, 0.05) is 51.2 Å². The van der Waals surface area contributed by atoms with E-state index in [1.165, 1.54) is 21.6 Å². The summed E-state index contributed by atoms with van der Waals surface area (Å²) in [6.07, 6.45) is 0.950. The molecule has 0 unspecified atom stereocenters. The van der Waals surface area contributed by atoms with Crippen molar-refractivity contribution in [3.8, 4) is 0 Å². The monoisotopic (exact) mass is 569 g/mol. The molecule has 2 N–H and O–H groups in total. The standard InChI is InChI=1S/C23H31N5O2S.HI/c1-24-23(26-15-22(29)28-8-6-21-20(17-28)7-13-31-21)25-14-18-4-2-3-5-19(18)16-27-9-11-30-12-10-27;/h2-5,7,13H,6,8-12,14-17H2,1H3,(H2,24,25,26);1H. The number of halogens is 1. The van der Waals surface area contributed by atoms with E-state index in [2.05, 4.69) is 56.2 Å². The Morgan fingerprint density at radius 3 is 2.69 bits per heavy atom. The number of nitrogens with one attached hydrogen (secondary N) is 2. The second kappa shape index (κ2) is 12.5. The summed E-state index contributed by atoms with van der Waals surface area (Å²) in [7, 11) is 1.73. The Kier molecular flexibility index (Phi) is 9.76. The maximum atomic E-state index is 12.7. The van der Waals surface area contributed by atoms with Gasteiger partial charge in [0.25, 0.3) is 0 Å². The van der Waals surface area contributed by atoms with Crippen LogP contribution in [0.3, 0.4) is 0 Å². The zero-order chi connectivity index (χ0) is 21.5. The second-order valence-corrected chi connectivity index (χ2v) is 8.87. The van der Waals surface area contributed by atoms with E-state index < -0.39 is 0 Å². The highest BCUT2D eigenvalue weighted by atomic mass is 127. The molecule has 0 bridgehead atoms. The van der Waals surface area contributed by atoms with Gasteiger partial charge in [-0.1, -0.05) is 24.3 Å². The summed E-state index contributed by atoms with van der Waals surface area (Å²) in [5.41, 5.74) is 3.83. The second-order valence-electron chi connectivity index (χ2n) is 7.87. The van der Waals surface area contributed by atoms with Gasteiger partial charge in [-0.25, -0.2) is 0 Å². The number of amides is 1. The molecule has 1 saturated heterocycles. The number of carbonyl (C=O) groups excluding carboxylic acids is 1. The van der Waals surface area contributed by atoms with Crippen molar-refractivity contribution in [2.75, 3.05) is 46.4 Å². The molecule has 1 fully saturated rings. The molecule has 0 atom stereocenters. The van der Waals surface area contributed by atoms with Crippen molar-refractivity contribution in [3.05, 3.63) is 57.3 Å². The van der Waals surface area contributed by atoms with Crippen molar-refractivity contribution < 1.29 is 9.53 Å². The third-order valence-electron chi connectivity index (χ3n) is 5.85. The fourth-order valence-corrected chi connectivity index (χ4v) is 4.91. The number of fused-ring (bicyclic) bond motifs is 1. The summed E-state index contributed by atoms with van der Waals surface area (Å²) in [6, 6.07) is 10.6. The summed E-state index contributed by atoms with van der Waals surface area (Å²) < 4.78 is 5.46. The molecule has 9 heteroatoms. The Morgan fingerprint density at radius 1 is 1.12 bits per heavy atom. The van der Waals surface area contributed by atoms with Crippen molar-refractivity contribution in [1.82, 2.24) is 20.4 Å². The number of guanidine groups is 1. The van der Waals surface area contributed by atoms with E-state index in [1.54, 1.807) is 18.4 Å². The van der Waals surface area contributed by atoms with E-state index in [0.717, 1.165) is 45.8 Å². The van der Waals surface area contributed by atoms with Crippen LogP contribution in [0.15, 0.2) is 40.7 Å². The average Bonchev–Trinajstić information content (AvgIpc) is 3.28. The van der Waals surface area contributed by atoms with Gasteiger partial charge < -0.3 is 20.3 Å². The molecule has 0 aliphatic carbocycles. The van der Waals surface area contributed by atoms with Gasteiger partial charge in [0.1, 0.15) is 0 Å². The van der Waals surface area contributed by atoms with E-state index in [1.807, 2.05) is 4.90 Å². The molecule has 2 aliphatic rings. The van der Waals surface area contributed by atoms with E-state index in [4.69, 9.17) is 4.74 Å². The first-order valence-corrected chi connectivity index (χ1v) is 11.8. The third kappa shape index (κ3) is 6.66. The van der Waals surface area contributed by atoms with Gasteiger partial charge >= 0.3 is 0 Å². The van der Waals surface area contributed by atoms with Crippen molar-refractivity contribution >= 4 is 47.2 Å². The van der Waals surface area contributed by atoms with Gasteiger partial charge in [0.05, 0.1) is 19.8 Å². The number of hydrogen-bond acceptors (Lipinski definition) is 5. The molecule has 32 heavy (non-hydrogen) atoms. The van der Waals surface area contributed by atoms with Crippen LogP contribution in [0, 0.1) is 0 Å². The van der Waals surface area contributed by atoms with Gasteiger partial charge in [-0.05, 0) is 34.6 Å². The normalized spacial score (nSPS) is 16.8. The van der Waals surface area contributed by atoms with Crippen LogP contribution in [-0.2, 0) is 35.6 Å². The van der Waals surface area contributed by atoms with Crippen LogP contribution in [0.4, 0.5) is 0 Å². The molecule has 0 saturated carbocycles. The predicted octanol–water partition coefficient (Wildman–Crippen LogP) is 2.45. The zero-order valence-corrected chi connectivity index (χ0v) is 21.7. The number of hydrogen-bond donors (Lipinski definition) is 2. The van der Waals surface area contributed by atoms with Crippen LogP contribution in [0.2, 0.25) is 0 Å². The molecule has 174 valence electrons. The summed E-state index contributed by atoms with van der Waals surface area (Å²) in [4.78, 5) is 22.7. The van der Waals surface area contributed by atoms with Crippen LogP contribution in [0.5, 0.6) is 0 Å². The number of nitrogens with zero attached hydrogens (tertiary/aromatic N) is 3. The van der Waals surface area contributed by atoms with Crippen molar-refractivity contribution in [3.63, 3.8) is 0 Å². The van der Waals surface area contributed by atoms with E-state index in [0.29, 0.717) is 19.0 Å². The lowest BCUT2D eigenvalue weighted by atomic mass is 10.1. The molecular weight excluding hydrogens is 537 g/mol. The maximum absolute atomic E-state index is 12.7. The van der Waals surface area contributed by atoms with Crippen molar-refractivity contribution in [1.29, 1.82) is 0 Å². The zero-order valence-electron chi connectivity index (χ0n) is 18.5. The molecular formula is C23H32IN5O2S. The highest BCUT2D eigenvalue weighted by Gasteiger charge is 2.21. The van der Waals surface area contributed by atoms with Gasteiger partial charge in [0.2, 0.25) is 5.91 Å². The largest absolute Gasteiger partial charge is 0.379 e. The Morgan fingerprint density at radius 2 is 1.91 bits per heavy atom. The van der Waals surface area contributed by atoms with Crippen LogP contribution in [-0.4, -0.2) is 68.1 Å². The molecule has 2 aliphatic heterocycles. The highest BCUT2D eigenvalue weighted by molar-refractivity contribution is 14.0. The average molecular weight is 570 g/mol. The lowest BCUT2D eigenvalue weighted by Crippen LogP contribution is -2.45. The summed E-state index contributed by atoms with van der Waals surface area (Å²) in [6.45, 7) is 6.86. The summed E-state index contributed by atoms with van der Waals surface area (Å²) >= 11 is 1.79. The lowest BCUT2D eigenvalue weighted by molar-refractivity contribution is -0.130. The Bertz CT molecular complexity index is 913. The SMILES string of the molecule is CN=C(NCC(=O)N1CCc2sccc2C1)NCc1ccccc1CN1CCOCC1.I. The van der Waals surface area contributed by atoms with Gasteiger partial charge in [-0.2, -0.15) is 0 Å². The quantitative estimate of drug-likeness (QED) is 0.318. The number of thiophene rings is 1. The van der Waals surface area contributed by atoms with Crippen LogP contribution in [0.25, 0.3) is 0 Å². The molecule has 3 heterocycles. The summed E-state index contributed by atoms with van der Waals surface area (Å²) in [5.74, 6) is 0.746. The molecule has 7 nitrogen and oxygen atoms in total. The number of morpholine rings is 1. The van der Waals surface area contributed by atoms with E-state index in [9.17, 15) is 4.79 Å². The van der Waals surface area contributed by atoms with Gasteiger partial charge in [-0.3, -0.25) is 14.7 Å². The third-order valence-corrected chi connectivity index (χ3v) is 6.88. The number of ether oxygens (including phenoxy) is 1. The first kappa shape index (κ1) is 24.9. The van der Waals surface area contributed by atoms with Crippen molar-refractivity contribution in [2.24, 2.45) is 4.99 Å². The molecule has 1 aromatic heterocycles. The van der Waals surface area contributed by atoms with Gasteiger partial charge in [-0.15, -0.1) is 35.3 Å². The Balaban J connectivity index is 0.00000289. The minimum absolute atomic E-state index is 0. The maximum Gasteiger partial charge on any atom is 0.242 e. The molecule has 1 aromatic carbocycles. The minimum Gasteiger partial charge on any atom is -0.379 e. The summed E-state index contributed by atoms with van der Waals surface area (Å²) in [5, 5.41) is 8.65. The number of carbonyl (C=O) groups is 1. The van der Waals surface area contributed by atoms with Crippen molar-refractivity contribution in [2.45, 2.75) is 26.1 Å². The molecule has 1 amide bonds. The number of aliphatic imine (C=N–C) groups is 1. The van der Waals surface area contributed by atoms with Gasteiger partial charge in [0.15, 0.2) is 5.96 Å². The molecule has 0 spiro atoms. The van der Waals surface area contributed by atoms with Crippen LogP contribution in [0.1, 0.15) is 21.6 Å². The smallest absolute Gasteiger partial charge is 0.242 e. The Hall–Kier alpha value is -1.69. The fourth-order valence-electron chi connectivity index (χ4n) is 4.02. The highest BCUT2D eigenvalue weighted by Crippen LogP contribution is 2.23. The molecule has 2 aromatic rings. The Labute approximate surface area is 211 Å². The fraction of sp³-hybridized carbons (Fsp3) is 0.478. The minimum atomic E-state index is 0. The first-order valence-electron chi connectivity index (χ1n) is 10.9. The van der Waals surface area contributed by atoms with Crippen LogP contribution < -0.4 is 10.6 Å². The van der Waals surface area contributed by atoms with E-state index >= 15 is 0 Å².